The number of nitrogens with zero attached hydrogens (tertiary/aromatic N) is 3. The monoisotopic (exact) mass is 476 g/mol. The minimum absolute atomic E-state index is 0.0373. The Kier molecular flexibility index (Phi) is 7.80. The van der Waals surface area contributed by atoms with E-state index in [2.05, 4.69) is 9.97 Å². The van der Waals surface area contributed by atoms with E-state index >= 15 is 0 Å². The van der Waals surface area contributed by atoms with Gasteiger partial charge in [-0.1, -0.05) is 30.3 Å². The number of H-pyrrole nitrogens is 1. The molecule has 4 rings (SSSR count). The molecule has 2 heterocycles. The summed E-state index contributed by atoms with van der Waals surface area (Å²) in [6, 6.07) is 16.6. The van der Waals surface area contributed by atoms with Crippen molar-refractivity contribution in [2.45, 2.75) is 45.7 Å². The number of carbonyl (C=O) groups is 2. The zero-order valence-corrected chi connectivity index (χ0v) is 20.3. The normalized spacial score (nSPS) is 14.3. The standard InChI is InChI=1S/C27H32N4O4/c1-19(2)31(18-24-28-23-11-7-6-10-22(23)26(33)29-24)27(34)20-12-15-30(16-13-20)25(32)14-17-35-21-8-4-3-5-9-21/h3-11,19-20H,12-18H2,1-2H3,(H,28,29,33). The fraction of sp³-hybridized carbons (Fsp3) is 0.407. The number of fused-ring (bicyclic) bond motifs is 1. The molecule has 1 N–H and O–H groups in total. The molecule has 0 unspecified atom stereocenters. The van der Waals surface area contributed by atoms with Crippen molar-refractivity contribution >= 4 is 22.7 Å². The molecule has 0 bridgehead atoms. The second-order valence-electron chi connectivity index (χ2n) is 9.16. The molecule has 1 aliphatic rings. The minimum atomic E-state index is -0.204. The summed E-state index contributed by atoms with van der Waals surface area (Å²) in [4.78, 5) is 49.4. The highest BCUT2D eigenvalue weighted by Gasteiger charge is 2.31. The van der Waals surface area contributed by atoms with Gasteiger partial charge in [-0.3, -0.25) is 14.4 Å². The van der Waals surface area contributed by atoms with Crippen LogP contribution in [-0.4, -0.2) is 57.3 Å². The van der Waals surface area contributed by atoms with Crippen LogP contribution in [0, 0.1) is 5.92 Å². The van der Waals surface area contributed by atoms with Crippen LogP contribution >= 0.6 is 0 Å². The Labute approximate surface area is 204 Å². The molecular formula is C27H32N4O4. The first-order valence-electron chi connectivity index (χ1n) is 12.2. The summed E-state index contributed by atoms with van der Waals surface area (Å²) in [7, 11) is 0. The van der Waals surface area contributed by atoms with E-state index < -0.39 is 0 Å². The molecule has 8 heteroatoms. The van der Waals surface area contributed by atoms with Gasteiger partial charge < -0.3 is 19.5 Å². The second kappa shape index (κ2) is 11.2. The molecule has 0 radical (unpaired) electrons. The highest BCUT2D eigenvalue weighted by atomic mass is 16.5. The summed E-state index contributed by atoms with van der Waals surface area (Å²) in [5.74, 6) is 1.15. The maximum absolute atomic E-state index is 13.4. The van der Waals surface area contributed by atoms with Gasteiger partial charge in [0.25, 0.3) is 5.56 Å². The number of ether oxygens (including phenoxy) is 1. The average molecular weight is 477 g/mol. The van der Waals surface area contributed by atoms with Gasteiger partial charge in [-0.2, -0.15) is 0 Å². The Morgan fingerprint density at radius 3 is 2.49 bits per heavy atom. The molecule has 8 nitrogen and oxygen atoms in total. The highest BCUT2D eigenvalue weighted by Crippen LogP contribution is 2.22. The summed E-state index contributed by atoms with van der Waals surface area (Å²) < 4.78 is 5.64. The lowest BCUT2D eigenvalue weighted by Gasteiger charge is -2.35. The quantitative estimate of drug-likeness (QED) is 0.538. The van der Waals surface area contributed by atoms with Crippen molar-refractivity contribution in [1.29, 1.82) is 0 Å². The summed E-state index contributed by atoms with van der Waals surface area (Å²) in [6.45, 7) is 5.60. The molecule has 1 fully saturated rings. The van der Waals surface area contributed by atoms with Crippen molar-refractivity contribution in [2.24, 2.45) is 5.92 Å². The molecule has 184 valence electrons. The van der Waals surface area contributed by atoms with Crippen molar-refractivity contribution in [3.63, 3.8) is 0 Å². The number of carbonyl (C=O) groups excluding carboxylic acids is 2. The van der Waals surface area contributed by atoms with Crippen molar-refractivity contribution in [3.8, 4) is 5.75 Å². The Bertz CT molecular complexity index is 1220. The number of hydrogen-bond acceptors (Lipinski definition) is 5. The predicted molar refractivity (Wildman–Crippen MR) is 134 cm³/mol. The van der Waals surface area contributed by atoms with Crippen LogP contribution in [0.25, 0.3) is 10.9 Å². The number of aromatic nitrogens is 2. The van der Waals surface area contributed by atoms with Crippen molar-refractivity contribution in [1.82, 2.24) is 19.8 Å². The van der Waals surface area contributed by atoms with E-state index in [0.717, 1.165) is 5.75 Å². The van der Waals surface area contributed by atoms with Crippen LogP contribution < -0.4 is 10.3 Å². The lowest BCUT2D eigenvalue weighted by molar-refractivity contribution is -0.142. The number of benzene rings is 2. The molecule has 2 aromatic carbocycles. The van der Waals surface area contributed by atoms with E-state index in [1.54, 1.807) is 23.1 Å². The van der Waals surface area contributed by atoms with Gasteiger partial charge in [-0.25, -0.2) is 4.98 Å². The smallest absolute Gasteiger partial charge is 0.258 e. The van der Waals surface area contributed by atoms with Crippen LogP contribution in [0.3, 0.4) is 0 Å². The van der Waals surface area contributed by atoms with Crippen LogP contribution in [0.2, 0.25) is 0 Å². The van der Waals surface area contributed by atoms with E-state index in [9.17, 15) is 14.4 Å². The van der Waals surface area contributed by atoms with Crippen molar-refractivity contribution < 1.29 is 14.3 Å². The van der Waals surface area contributed by atoms with Crippen LogP contribution in [0.5, 0.6) is 5.75 Å². The molecule has 0 saturated carbocycles. The van der Waals surface area contributed by atoms with Gasteiger partial charge in [0.2, 0.25) is 11.8 Å². The molecule has 1 saturated heterocycles. The molecular weight excluding hydrogens is 444 g/mol. The maximum atomic E-state index is 13.4. The first-order valence-corrected chi connectivity index (χ1v) is 12.2. The largest absolute Gasteiger partial charge is 0.493 e. The first-order chi connectivity index (χ1) is 16.9. The summed E-state index contributed by atoms with van der Waals surface area (Å²) in [5, 5.41) is 0.532. The number of rotatable bonds is 8. The second-order valence-corrected chi connectivity index (χ2v) is 9.16. The zero-order chi connectivity index (χ0) is 24.8. The molecule has 0 aliphatic carbocycles. The van der Waals surface area contributed by atoms with E-state index in [4.69, 9.17) is 4.74 Å². The van der Waals surface area contributed by atoms with E-state index in [-0.39, 0.29) is 35.9 Å². The first kappa shape index (κ1) is 24.4. The van der Waals surface area contributed by atoms with Gasteiger partial charge in [0.15, 0.2) is 0 Å². The predicted octanol–water partition coefficient (Wildman–Crippen LogP) is 3.37. The fourth-order valence-electron chi connectivity index (χ4n) is 4.43. The number of hydrogen-bond donors (Lipinski definition) is 1. The van der Waals surface area contributed by atoms with Gasteiger partial charge >= 0.3 is 0 Å². The van der Waals surface area contributed by atoms with E-state index in [1.807, 2.05) is 55.1 Å². The Hall–Kier alpha value is -3.68. The zero-order valence-electron chi connectivity index (χ0n) is 20.3. The molecule has 1 aliphatic heterocycles. The third-order valence-corrected chi connectivity index (χ3v) is 6.41. The molecule has 2 amide bonds. The summed E-state index contributed by atoms with van der Waals surface area (Å²) in [6.07, 6.45) is 1.55. The number of para-hydroxylation sites is 2. The molecule has 1 aromatic heterocycles. The lowest BCUT2D eigenvalue weighted by Crippen LogP contribution is -2.46. The molecule has 0 atom stereocenters. The fourth-order valence-corrected chi connectivity index (χ4v) is 4.43. The van der Waals surface area contributed by atoms with Gasteiger partial charge in [-0.05, 0) is 51.0 Å². The number of nitrogens with one attached hydrogen (secondary N) is 1. The lowest BCUT2D eigenvalue weighted by atomic mass is 9.94. The summed E-state index contributed by atoms with van der Waals surface area (Å²) in [5.41, 5.74) is 0.412. The molecule has 0 spiro atoms. The number of amides is 2. The van der Waals surface area contributed by atoms with Gasteiger partial charge in [0.1, 0.15) is 11.6 Å². The van der Waals surface area contributed by atoms with E-state index in [1.165, 1.54) is 0 Å². The van der Waals surface area contributed by atoms with E-state index in [0.29, 0.717) is 55.7 Å². The van der Waals surface area contributed by atoms with Crippen LogP contribution in [-0.2, 0) is 16.1 Å². The van der Waals surface area contributed by atoms with Gasteiger partial charge in [0, 0.05) is 25.0 Å². The van der Waals surface area contributed by atoms with Crippen molar-refractivity contribution in [3.05, 3.63) is 70.8 Å². The number of aromatic amines is 1. The maximum Gasteiger partial charge on any atom is 0.258 e. The van der Waals surface area contributed by atoms with Gasteiger partial charge in [-0.15, -0.1) is 0 Å². The molecule has 3 aromatic rings. The SMILES string of the molecule is CC(C)N(Cc1nc2ccccc2c(=O)[nH]1)C(=O)C1CCN(C(=O)CCOc2ccccc2)CC1. The summed E-state index contributed by atoms with van der Waals surface area (Å²) >= 11 is 0. The third-order valence-electron chi connectivity index (χ3n) is 6.41. The van der Waals surface area contributed by atoms with Crippen LogP contribution in [0.15, 0.2) is 59.4 Å². The van der Waals surface area contributed by atoms with Crippen molar-refractivity contribution in [2.75, 3.05) is 19.7 Å². The molecule has 35 heavy (non-hydrogen) atoms. The van der Waals surface area contributed by atoms with Crippen LogP contribution in [0.1, 0.15) is 38.9 Å². The Morgan fingerprint density at radius 1 is 1.09 bits per heavy atom. The average Bonchev–Trinajstić information content (AvgIpc) is 2.87. The highest BCUT2D eigenvalue weighted by molar-refractivity contribution is 5.81. The number of piperidine rings is 1. The van der Waals surface area contributed by atoms with Gasteiger partial charge in [0.05, 0.1) is 30.5 Å². The Morgan fingerprint density at radius 2 is 1.77 bits per heavy atom. The topological polar surface area (TPSA) is 95.6 Å². The number of likely N-dealkylation sites (tertiary alicyclic amines) is 1. The minimum Gasteiger partial charge on any atom is -0.493 e. The third kappa shape index (κ3) is 6.07. The van der Waals surface area contributed by atoms with Crippen LogP contribution in [0.4, 0.5) is 0 Å². The Balaban J connectivity index is 1.32.